The highest BCUT2D eigenvalue weighted by Gasteiger charge is 2.51. The molecular weight excluding hydrogens is 323 g/mol. The SMILES string of the molecule is CC1(C)OB(c2ccc3c(c2)CCC(NC(=O)O)C(=O)N3)OC1(C)C. The van der Waals surface area contributed by atoms with Gasteiger partial charge < -0.3 is 25.0 Å². The van der Waals surface area contributed by atoms with E-state index in [1.807, 2.05) is 45.9 Å². The maximum absolute atomic E-state index is 12.1. The van der Waals surface area contributed by atoms with Gasteiger partial charge in [-0.2, -0.15) is 0 Å². The number of nitrogens with one attached hydrogen (secondary N) is 2. The molecule has 1 aromatic rings. The summed E-state index contributed by atoms with van der Waals surface area (Å²) in [4.78, 5) is 23.0. The maximum Gasteiger partial charge on any atom is 0.494 e. The highest BCUT2D eigenvalue weighted by molar-refractivity contribution is 6.62. The van der Waals surface area contributed by atoms with E-state index in [4.69, 9.17) is 14.4 Å². The standard InChI is InChI=1S/C17H23BN2O5/c1-16(2)17(3,4)25-18(24-16)11-6-8-12-10(9-11)5-7-13(14(21)19-12)20-15(22)23/h6,8-9,13,20H,5,7H2,1-4H3,(H,19,21)(H,22,23). The molecule has 3 N–H and O–H groups in total. The predicted octanol–water partition coefficient (Wildman–Crippen LogP) is 1.51. The van der Waals surface area contributed by atoms with Crippen LogP contribution >= 0.6 is 0 Å². The summed E-state index contributed by atoms with van der Waals surface area (Å²) in [5.74, 6) is -0.343. The highest BCUT2D eigenvalue weighted by atomic mass is 16.7. The average molecular weight is 346 g/mol. The second-order valence-electron chi connectivity index (χ2n) is 7.53. The highest BCUT2D eigenvalue weighted by Crippen LogP contribution is 2.36. The van der Waals surface area contributed by atoms with Crippen LogP contribution in [0.5, 0.6) is 0 Å². The Morgan fingerprint density at radius 3 is 2.52 bits per heavy atom. The Hall–Kier alpha value is -2.06. The Bertz CT molecular complexity index is 703. The van der Waals surface area contributed by atoms with Gasteiger partial charge in [-0.3, -0.25) is 4.79 Å². The van der Waals surface area contributed by atoms with Gasteiger partial charge in [-0.15, -0.1) is 0 Å². The van der Waals surface area contributed by atoms with E-state index >= 15 is 0 Å². The Kier molecular flexibility index (Phi) is 4.29. The number of carbonyl (C=O) groups excluding carboxylic acids is 1. The summed E-state index contributed by atoms with van der Waals surface area (Å²) in [6, 6.07) is 4.88. The summed E-state index contributed by atoms with van der Waals surface area (Å²) >= 11 is 0. The molecule has 1 aromatic carbocycles. The van der Waals surface area contributed by atoms with Crippen LogP contribution in [-0.2, 0) is 20.5 Å². The first-order chi connectivity index (χ1) is 11.6. The first kappa shape index (κ1) is 17.8. The van der Waals surface area contributed by atoms with Gasteiger partial charge in [-0.1, -0.05) is 12.1 Å². The number of aryl methyl sites for hydroxylation is 1. The zero-order chi connectivity index (χ0) is 18.4. The molecule has 134 valence electrons. The molecule has 0 aliphatic carbocycles. The van der Waals surface area contributed by atoms with Gasteiger partial charge in [0.2, 0.25) is 5.91 Å². The molecule has 25 heavy (non-hydrogen) atoms. The predicted molar refractivity (Wildman–Crippen MR) is 94.1 cm³/mol. The van der Waals surface area contributed by atoms with Crippen LogP contribution in [0.15, 0.2) is 18.2 Å². The van der Waals surface area contributed by atoms with Crippen LogP contribution in [0.4, 0.5) is 10.5 Å². The van der Waals surface area contributed by atoms with Crippen molar-refractivity contribution in [3.05, 3.63) is 23.8 Å². The molecule has 2 aliphatic rings. The number of hydrogen-bond donors (Lipinski definition) is 3. The molecule has 0 radical (unpaired) electrons. The Labute approximate surface area is 147 Å². The number of carboxylic acid groups (broad SMARTS) is 1. The lowest BCUT2D eigenvalue weighted by Crippen LogP contribution is -2.42. The monoisotopic (exact) mass is 346 g/mol. The van der Waals surface area contributed by atoms with Crippen LogP contribution in [-0.4, -0.2) is 41.5 Å². The fourth-order valence-electron chi connectivity index (χ4n) is 3.01. The van der Waals surface area contributed by atoms with Gasteiger partial charge >= 0.3 is 13.2 Å². The van der Waals surface area contributed by atoms with Crippen LogP contribution in [0.25, 0.3) is 0 Å². The van der Waals surface area contributed by atoms with E-state index in [0.29, 0.717) is 18.5 Å². The van der Waals surface area contributed by atoms with Crippen molar-refractivity contribution < 1.29 is 24.0 Å². The number of rotatable bonds is 2. The van der Waals surface area contributed by atoms with E-state index in [-0.39, 0.29) is 5.91 Å². The summed E-state index contributed by atoms with van der Waals surface area (Å²) in [6.07, 6.45) is -0.228. The minimum atomic E-state index is -1.20. The summed E-state index contributed by atoms with van der Waals surface area (Å²) in [6.45, 7) is 8.00. The molecule has 2 heterocycles. The second kappa shape index (κ2) is 6.03. The molecule has 0 saturated carbocycles. The number of benzene rings is 1. The number of carbonyl (C=O) groups is 2. The molecule has 8 heteroatoms. The van der Waals surface area contributed by atoms with E-state index in [1.165, 1.54) is 0 Å². The fraction of sp³-hybridized carbons (Fsp3) is 0.529. The van der Waals surface area contributed by atoms with Crippen molar-refractivity contribution >= 4 is 30.3 Å². The minimum absolute atomic E-state index is 0.343. The lowest BCUT2D eigenvalue weighted by atomic mass is 9.78. The van der Waals surface area contributed by atoms with Crippen LogP contribution in [0.3, 0.4) is 0 Å². The maximum atomic E-state index is 12.1. The normalized spacial score (nSPS) is 24.2. The average Bonchev–Trinajstić information content (AvgIpc) is 2.63. The van der Waals surface area contributed by atoms with E-state index in [0.717, 1.165) is 11.0 Å². The van der Waals surface area contributed by atoms with Crippen LogP contribution in [0, 0.1) is 0 Å². The van der Waals surface area contributed by atoms with Crippen LogP contribution in [0.1, 0.15) is 39.7 Å². The minimum Gasteiger partial charge on any atom is -0.465 e. The van der Waals surface area contributed by atoms with Crippen LogP contribution < -0.4 is 16.1 Å². The second-order valence-corrected chi connectivity index (χ2v) is 7.53. The third-order valence-corrected chi connectivity index (χ3v) is 5.23. The van der Waals surface area contributed by atoms with Crippen molar-refractivity contribution in [2.24, 2.45) is 0 Å². The molecule has 3 rings (SSSR count). The fourth-order valence-corrected chi connectivity index (χ4v) is 3.01. The Morgan fingerprint density at radius 2 is 1.92 bits per heavy atom. The summed E-state index contributed by atoms with van der Waals surface area (Å²) in [7, 11) is -0.470. The van der Waals surface area contributed by atoms with Crippen LogP contribution in [0.2, 0.25) is 0 Å². The summed E-state index contributed by atoms with van der Waals surface area (Å²) in [5, 5.41) is 13.9. The molecule has 0 bridgehead atoms. The molecule has 1 atom stereocenters. The summed E-state index contributed by atoms with van der Waals surface area (Å²) < 4.78 is 12.1. The van der Waals surface area contributed by atoms with E-state index < -0.39 is 30.5 Å². The Balaban J connectivity index is 1.82. The van der Waals surface area contributed by atoms with Crippen molar-refractivity contribution in [1.82, 2.24) is 5.32 Å². The van der Waals surface area contributed by atoms with Crippen molar-refractivity contribution in [1.29, 1.82) is 0 Å². The molecule has 0 aromatic heterocycles. The van der Waals surface area contributed by atoms with Crippen molar-refractivity contribution in [3.63, 3.8) is 0 Å². The van der Waals surface area contributed by atoms with Gasteiger partial charge in [0.05, 0.1) is 11.2 Å². The molecule has 0 spiro atoms. The van der Waals surface area contributed by atoms with Crippen molar-refractivity contribution in [2.75, 3.05) is 5.32 Å². The number of fused-ring (bicyclic) bond motifs is 1. The van der Waals surface area contributed by atoms with Gasteiger partial charge in [-0.05, 0) is 57.6 Å². The van der Waals surface area contributed by atoms with Gasteiger partial charge in [0.15, 0.2) is 0 Å². The third kappa shape index (κ3) is 3.36. The lowest BCUT2D eigenvalue weighted by molar-refractivity contribution is -0.118. The number of hydrogen-bond acceptors (Lipinski definition) is 4. The molecule has 1 fully saturated rings. The third-order valence-electron chi connectivity index (χ3n) is 5.23. The zero-order valence-electron chi connectivity index (χ0n) is 14.9. The quantitative estimate of drug-likeness (QED) is 0.706. The molecule has 7 nitrogen and oxygen atoms in total. The van der Waals surface area contributed by atoms with E-state index in [1.54, 1.807) is 0 Å². The number of anilines is 1. The van der Waals surface area contributed by atoms with E-state index in [9.17, 15) is 9.59 Å². The molecule has 2 aliphatic heterocycles. The largest absolute Gasteiger partial charge is 0.494 e. The topological polar surface area (TPSA) is 96.9 Å². The molecule has 2 amide bonds. The smallest absolute Gasteiger partial charge is 0.465 e. The van der Waals surface area contributed by atoms with Gasteiger partial charge in [0.25, 0.3) is 0 Å². The van der Waals surface area contributed by atoms with Gasteiger partial charge in [0.1, 0.15) is 6.04 Å². The van der Waals surface area contributed by atoms with Crippen molar-refractivity contribution in [2.45, 2.75) is 57.8 Å². The van der Waals surface area contributed by atoms with Gasteiger partial charge in [0, 0.05) is 5.69 Å². The van der Waals surface area contributed by atoms with Crippen molar-refractivity contribution in [3.8, 4) is 0 Å². The van der Waals surface area contributed by atoms with Gasteiger partial charge in [-0.25, -0.2) is 4.79 Å². The first-order valence-electron chi connectivity index (χ1n) is 8.38. The first-order valence-corrected chi connectivity index (χ1v) is 8.38. The molecular formula is C17H23BN2O5. The zero-order valence-corrected chi connectivity index (χ0v) is 14.9. The molecule has 1 unspecified atom stereocenters. The molecule has 1 saturated heterocycles. The lowest BCUT2D eigenvalue weighted by Gasteiger charge is -2.32. The summed E-state index contributed by atoms with van der Waals surface area (Å²) in [5.41, 5.74) is 1.68. The Morgan fingerprint density at radius 1 is 1.28 bits per heavy atom. The van der Waals surface area contributed by atoms with E-state index in [2.05, 4.69) is 10.6 Å². The number of amides is 2.